The van der Waals surface area contributed by atoms with Gasteiger partial charge in [-0.2, -0.15) is 5.10 Å². The van der Waals surface area contributed by atoms with Crippen LogP contribution in [-0.4, -0.2) is 23.5 Å². The minimum atomic E-state index is -0.377. The van der Waals surface area contributed by atoms with Crippen LogP contribution in [0.3, 0.4) is 0 Å². The van der Waals surface area contributed by atoms with Crippen molar-refractivity contribution in [3.05, 3.63) is 39.5 Å². The number of ether oxygens (including phenoxy) is 1. The summed E-state index contributed by atoms with van der Waals surface area (Å²) in [5, 5.41) is 4.73. The Morgan fingerprint density at radius 3 is 3.00 bits per heavy atom. The second-order valence-electron chi connectivity index (χ2n) is 3.84. The molecule has 1 atom stereocenters. The van der Waals surface area contributed by atoms with Crippen molar-refractivity contribution in [3.8, 4) is 0 Å². The lowest BCUT2D eigenvalue weighted by Gasteiger charge is -2.16. The Kier molecular flexibility index (Phi) is 5.00. The number of nitrogens with two attached hydrogens (primary N) is 1. The monoisotopic (exact) mass is 348 g/mol. The molecule has 8 heteroatoms. The number of hydrogen-bond donors (Lipinski definition) is 2. The van der Waals surface area contributed by atoms with Gasteiger partial charge in [-0.3, -0.25) is 10.5 Å². The maximum Gasteiger partial charge on any atom is 0.169 e. The third-order valence-corrected chi connectivity index (χ3v) is 3.38. The molecule has 0 saturated heterocycles. The predicted octanol–water partition coefficient (Wildman–Crippen LogP) is 2.09. The van der Waals surface area contributed by atoms with Gasteiger partial charge in [-0.1, -0.05) is 11.6 Å². The number of halogens is 2. The van der Waals surface area contributed by atoms with Crippen molar-refractivity contribution >= 4 is 27.5 Å². The van der Waals surface area contributed by atoms with Crippen molar-refractivity contribution in [2.75, 3.05) is 13.7 Å². The van der Waals surface area contributed by atoms with Gasteiger partial charge in [0.25, 0.3) is 0 Å². The molecular weight excluding hydrogens is 336 g/mol. The number of rotatable bonds is 6. The van der Waals surface area contributed by atoms with Crippen LogP contribution in [0.4, 0.5) is 0 Å². The first-order chi connectivity index (χ1) is 9.17. The van der Waals surface area contributed by atoms with Gasteiger partial charge in [-0.25, -0.2) is 5.43 Å². The quantitative estimate of drug-likeness (QED) is 0.617. The van der Waals surface area contributed by atoms with Crippen molar-refractivity contribution in [3.63, 3.8) is 0 Å². The van der Waals surface area contributed by atoms with Gasteiger partial charge in [0.15, 0.2) is 4.67 Å². The van der Waals surface area contributed by atoms with Gasteiger partial charge >= 0.3 is 0 Å². The smallest absolute Gasteiger partial charge is 0.169 e. The summed E-state index contributed by atoms with van der Waals surface area (Å²) in [4.78, 5) is 0. The van der Waals surface area contributed by atoms with Crippen LogP contribution in [0.15, 0.2) is 27.4 Å². The summed E-state index contributed by atoms with van der Waals surface area (Å²) in [5.41, 5.74) is 3.43. The summed E-state index contributed by atoms with van der Waals surface area (Å²) >= 11 is 9.44. The number of furan rings is 1. The number of methoxy groups -OCH3 is 1. The fourth-order valence-corrected chi connectivity index (χ4v) is 2.36. The highest BCUT2D eigenvalue weighted by Crippen LogP contribution is 2.30. The Hall–Kier alpha value is -0.860. The van der Waals surface area contributed by atoms with Crippen molar-refractivity contribution in [2.24, 2.45) is 5.84 Å². The summed E-state index contributed by atoms with van der Waals surface area (Å²) < 4.78 is 12.9. The zero-order chi connectivity index (χ0) is 13.8. The van der Waals surface area contributed by atoms with Crippen LogP contribution in [-0.2, 0) is 11.3 Å². The first-order valence-corrected chi connectivity index (χ1v) is 6.76. The average molecular weight is 350 g/mol. The number of hydrazine groups is 1. The van der Waals surface area contributed by atoms with Crippen LogP contribution in [0.1, 0.15) is 17.5 Å². The molecule has 104 valence electrons. The van der Waals surface area contributed by atoms with Gasteiger partial charge in [0.1, 0.15) is 11.8 Å². The van der Waals surface area contributed by atoms with Crippen molar-refractivity contribution in [1.29, 1.82) is 0 Å². The summed E-state index contributed by atoms with van der Waals surface area (Å²) in [5.74, 6) is 6.26. The zero-order valence-corrected chi connectivity index (χ0v) is 12.6. The highest BCUT2D eigenvalue weighted by atomic mass is 79.9. The van der Waals surface area contributed by atoms with Gasteiger partial charge < -0.3 is 9.15 Å². The van der Waals surface area contributed by atoms with E-state index in [1.54, 1.807) is 24.1 Å². The summed E-state index contributed by atoms with van der Waals surface area (Å²) in [6, 6.07) is 3.24. The standard InChI is InChI=1S/C11H14BrClN4O2/c1-18-5-4-17-11(7(13)6-15-17)10(16-14)8-2-3-9(12)19-8/h2-3,6,10,16H,4-5,14H2,1H3. The van der Waals surface area contributed by atoms with E-state index in [0.29, 0.717) is 28.6 Å². The van der Waals surface area contributed by atoms with Crippen molar-refractivity contribution < 1.29 is 9.15 Å². The molecule has 2 aromatic heterocycles. The van der Waals surface area contributed by atoms with E-state index in [-0.39, 0.29) is 6.04 Å². The van der Waals surface area contributed by atoms with Crippen LogP contribution >= 0.6 is 27.5 Å². The maximum absolute atomic E-state index is 6.18. The van der Waals surface area contributed by atoms with E-state index in [1.165, 1.54) is 0 Å². The number of nitrogens with one attached hydrogen (secondary N) is 1. The van der Waals surface area contributed by atoms with E-state index in [9.17, 15) is 0 Å². The molecule has 1 unspecified atom stereocenters. The van der Waals surface area contributed by atoms with Gasteiger partial charge in [-0.05, 0) is 28.1 Å². The molecule has 2 aromatic rings. The SMILES string of the molecule is COCCn1ncc(Cl)c1C(NN)c1ccc(Br)o1. The third-order valence-electron chi connectivity index (χ3n) is 2.66. The molecule has 0 amide bonds. The lowest BCUT2D eigenvalue weighted by molar-refractivity contribution is 0.181. The normalized spacial score (nSPS) is 12.8. The molecule has 0 fully saturated rings. The lowest BCUT2D eigenvalue weighted by Crippen LogP contribution is -2.31. The van der Waals surface area contributed by atoms with Crippen molar-refractivity contribution in [1.82, 2.24) is 15.2 Å². The Balaban J connectivity index is 2.34. The summed E-state index contributed by atoms with van der Waals surface area (Å²) in [6.07, 6.45) is 1.58. The van der Waals surface area contributed by atoms with Crippen LogP contribution in [0.5, 0.6) is 0 Å². The lowest BCUT2D eigenvalue weighted by atomic mass is 10.1. The van der Waals surface area contributed by atoms with Gasteiger partial charge in [0.05, 0.1) is 30.1 Å². The van der Waals surface area contributed by atoms with E-state index in [4.69, 9.17) is 26.6 Å². The molecule has 0 aliphatic carbocycles. The number of hydrogen-bond acceptors (Lipinski definition) is 5. The fourth-order valence-electron chi connectivity index (χ4n) is 1.79. The average Bonchev–Trinajstić information content (AvgIpc) is 2.97. The minimum absolute atomic E-state index is 0.377. The molecular formula is C11H14BrClN4O2. The van der Waals surface area contributed by atoms with Gasteiger partial charge in [0.2, 0.25) is 0 Å². The second-order valence-corrected chi connectivity index (χ2v) is 5.02. The predicted molar refractivity (Wildman–Crippen MR) is 74.7 cm³/mol. The Morgan fingerprint density at radius 2 is 2.42 bits per heavy atom. The molecule has 0 aliphatic rings. The molecule has 3 N–H and O–H groups in total. The van der Waals surface area contributed by atoms with E-state index >= 15 is 0 Å². The molecule has 0 bridgehead atoms. The Labute approximate surface area is 123 Å². The second kappa shape index (κ2) is 6.53. The molecule has 0 spiro atoms. The first-order valence-electron chi connectivity index (χ1n) is 5.59. The largest absolute Gasteiger partial charge is 0.452 e. The molecule has 2 heterocycles. The topological polar surface area (TPSA) is 78.2 Å². The summed E-state index contributed by atoms with van der Waals surface area (Å²) in [6.45, 7) is 1.11. The van der Waals surface area contributed by atoms with Crippen LogP contribution in [0, 0.1) is 0 Å². The summed E-state index contributed by atoms with van der Waals surface area (Å²) in [7, 11) is 1.63. The zero-order valence-electron chi connectivity index (χ0n) is 10.3. The maximum atomic E-state index is 6.18. The molecule has 19 heavy (non-hydrogen) atoms. The van der Waals surface area contributed by atoms with Crippen LogP contribution in [0.2, 0.25) is 5.02 Å². The van der Waals surface area contributed by atoms with E-state index < -0.39 is 0 Å². The minimum Gasteiger partial charge on any atom is -0.452 e. The number of nitrogens with zero attached hydrogens (tertiary/aromatic N) is 2. The van der Waals surface area contributed by atoms with Crippen LogP contribution < -0.4 is 11.3 Å². The Bertz CT molecular complexity index is 543. The molecule has 0 saturated carbocycles. The molecule has 0 aliphatic heterocycles. The van der Waals surface area contributed by atoms with Crippen LogP contribution in [0.25, 0.3) is 0 Å². The molecule has 2 rings (SSSR count). The van der Waals surface area contributed by atoms with E-state index in [2.05, 4.69) is 26.5 Å². The third kappa shape index (κ3) is 3.18. The van der Waals surface area contributed by atoms with Gasteiger partial charge in [-0.15, -0.1) is 0 Å². The van der Waals surface area contributed by atoms with E-state index in [0.717, 1.165) is 5.69 Å². The molecule has 6 nitrogen and oxygen atoms in total. The molecule has 0 aromatic carbocycles. The van der Waals surface area contributed by atoms with Gasteiger partial charge in [0, 0.05) is 7.11 Å². The van der Waals surface area contributed by atoms with Crippen molar-refractivity contribution in [2.45, 2.75) is 12.6 Å². The fraction of sp³-hybridized carbons (Fsp3) is 0.364. The highest BCUT2D eigenvalue weighted by molar-refractivity contribution is 9.10. The number of aromatic nitrogens is 2. The van der Waals surface area contributed by atoms with E-state index in [1.807, 2.05) is 6.07 Å². The highest BCUT2D eigenvalue weighted by Gasteiger charge is 2.23. The first kappa shape index (κ1) is 14.5. The Morgan fingerprint density at radius 1 is 1.63 bits per heavy atom. The molecule has 0 radical (unpaired) electrons.